The molecule has 0 aliphatic heterocycles. The van der Waals surface area contributed by atoms with Crippen LogP contribution in [0.1, 0.15) is 42.4 Å². The van der Waals surface area contributed by atoms with Gasteiger partial charge in [0.05, 0.1) is 0 Å². The minimum absolute atomic E-state index is 0.196. The van der Waals surface area contributed by atoms with E-state index in [1.54, 1.807) is 6.07 Å². The van der Waals surface area contributed by atoms with Gasteiger partial charge >= 0.3 is 0 Å². The summed E-state index contributed by atoms with van der Waals surface area (Å²) in [5.74, 6) is 0.574. The quantitative estimate of drug-likeness (QED) is 0.527. The van der Waals surface area contributed by atoms with Crippen molar-refractivity contribution in [3.05, 3.63) is 102 Å². The molecule has 0 fully saturated rings. The van der Waals surface area contributed by atoms with E-state index >= 15 is 0 Å². The first-order valence-electron chi connectivity index (χ1n) is 9.84. The number of aryl methyl sites for hydroxylation is 1. The molecule has 0 aromatic heterocycles. The Labute approximate surface area is 162 Å². The molecule has 27 heavy (non-hydrogen) atoms. The zero-order chi connectivity index (χ0) is 18.9. The van der Waals surface area contributed by atoms with Crippen LogP contribution in [-0.4, -0.2) is 17.7 Å². The Hall–Kier alpha value is -2.58. The standard InChI is InChI=1S/C25H29NO/c1-20(16-17-21-10-4-2-5-11-21)26-19-18-23(22-12-6-3-7-13-22)24-14-8-9-15-25(24)27/h2-15,20,23,26-27H,16-19H2,1H3. The maximum atomic E-state index is 10.3. The van der Waals surface area contributed by atoms with E-state index in [4.69, 9.17) is 0 Å². The maximum absolute atomic E-state index is 10.3. The van der Waals surface area contributed by atoms with Crippen LogP contribution >= 0.6 is 0 Å². The van der Waals surface area contributed by atoms with Gasteiger partial charge in [0.1, 0.15) is 5.75 Å². The molecule has 3 rings (SSSR count). The fourth-order valence-electron chi connectivity index (χ4n) is 3.57. The summed E-state index contributed by atoms with van der Waals surface area (Å²) in [5.41, 5.74) is 3.64. The van der Waals surface area contributed by atoms with Crippen LogP contribution in [0.5, 0.6) is 5.75 Å². The molecule has 3 aromatic carbocycles. The normalized spacial score (nSPS) is 13.2. The first-order chi connectivity index (χ1) is 13.2. The van der Waals surface area contributed by atoms with Crippen molar-refractivity contribution in [3.8, 4) is 5.75 Å². The maximum Gasteiger partial charge on any atom is 0.119 e. The lowest BCUT2D eigenvalue weighted by Gasteiger charge is -2.21. The van der Waals surface area contributed by atoms with Crippen LogP contribution < -0.4 is 5.32 Å². The number of para-hydroxylation sites is 1. The summed E-state index contributed by atoms with van der Waals surface area (Å²) in [6, 6.07) is 29.3. The number of hydrogen-bond donors (Lipinski definition) is 2. The monoisotopic (exact) mass is 359 g/mol. The third-order valence-electron chi connectivity index (χ3n) is 5.15. The third-order valence-corrected chi connectivity index (χ3v) is 5.15. The lowest BCUT2D eigenvalue weighted by molar-refractivity contribution is 0.456. The van der Waals surface area contributed by atoms with Crippen molar-refractivity contribution in [1.29, 1.82) is 0 Å². The van der Waals surface area contributed by atoms with Gasteiger partial charge in [-0.25, -0.2) is 0 Å². The molecule has 2 atom stereocenters. The van der Waals surface area contributed by atoms with Crippen LogP contribution in [0.25, 0.3) is 0 Å². The summed E-state index contributed by atoms with van der Waals surface area (Å²) >= 11 is 0. The van der Waals surface area contributed by atoms with E-state index in [1.165, 1.54) is 11.1 Å². The second-order valence-electron chi connectivity index (χ2n) is 7.19. The summed E-state index contributed by atoms with van der Waals surface area (Å²) < 4.78 is 0. The summed E-state index contributed by atoms with van der Waals surface area (Å²) in [6.45, 7) is 3.17. The molecule has 2 nitrogen and oxygen atoms in total. The summed E-state index contributed by atoms with van der Waals surface area (Å²) in [7, 11) is 0. The van der Waals surface area contributed by atoms with Crippen LogP contribution in [-0.2, 0) is 6.42 Å². The van der Waals surface area contributed by atoms with Gasteiger partial charge in [-0.15, -0.1) is 0 Å². The highest BCUT2D eigenvalue weighted by atomic mass is 16.3. The van der Waals surface area contributed by atoms with Crippen LogP contribution in [0.4, 0.5) is 0 Å². The minimum atomic E-state index is 0.196. The fourth-order valence-corrected chi connectivity index (χ4v) is 3.57. The SMILES string of the molecule is CC(CCc1ccccc1)NCCC(c1ccccc1)c1ccccc1O. The molecule has 0 saturated heterocycles. The molecule has 0 heterocycles. The van der Waals surface area contributed by atoms with Crippen LogP contribution in [0.3, 0.4) is 0 Å². The number of phenols is 1. The van der Waals surface area contributed by atoms with E-state index in [-0.39, 0.29) is 5.92 Å². The third kappa shape index (κ3) is 5.70. The predicted molar refractivity (Wildman–Crippen MR) is 113 cm³/mol. The zero-order valence-electron chi connectivity index (χ0n) is 16.0. The lowest BCUT2D eigenvalue weighted by atomic mass is 9.88. The van der Waals surface area contributed by atoms with Gasteiger partial charge < -0.3 is 10.4 Å². The van der Waals surface area contributed by atoms with Crippen LogP contribution in [0.15, 0.2) is 84.9 Å². The van der Waals surface area contributed by atoms with E-state index in [9.17, 15) is 5.11 Å². The summed E-state index contributed by atoms with van der Waals surface area (Å²) in [5, 5.41) is 14.0. The van der Waals surface area contributed by atoms with Gasteiger partial charge in [0.2, 0.25) is 0 Å². The number of nitrogens with one attached hydrogen (secondary N) is 1. The van der Waals surface area contributed by atoms with E-state index in [0.29, 0.717) is 11.8 Å². The molecule has 0 bridgehead atoms. The average Bonchev–Trinajstić information content (AvgIpc) is 2.72. The number of phenolic OH excluding ortho intramolecular Hbond substituents is 1. The van der Waals surface area contributed by atoms with Gasteiger partial charge in [-0.1, -0.05) is 78.9 Å². The Balaban J connectivity index is 1.58. The zero-order valence-corrected chi connectivity index (χ0v) is 16.0. The average molecular weight is 360 g/mol. The van der Waals surface area contributed by atoms with Crippen molar-refractivity contribution >= 4 is 0 Å². The molecule has 0 aliphatic rings. The van der Waals surface area contributed by atoms with Crippen molar-refractivity contribution < 1.29 is 5.11 Å². The molecular formula is C25H29NO. The summed E-state index contributed by atoms with van der Waals surface area (Å²) in [6.07, 6.45) is 3.17. The second kappa shape index (κ2) is 9.94. The van der Waals surface area contributed by atoms with Crippen LogP contribution in [0.2, 0.25) is 0 Å². The summed E-state index contributed by atoms with van der Waals surface area (Å²) in [4.78, 5) is 0. The number of rotatable bonds is 9. The molecule has 0 radical (unpaired) electrons. The molecule has 0 amide bonds. The number of hydrogen-bond acceptors (Lipinski definition) is 2. The highest BCUT2D eigenvalue weighted by Gasteiger charge is 2.17. The van der Waals surface area contributed by atoms with Crippen molar-refractivity contribution in [1.82, 2.24) is 5.32 Å². The topological polar surface area (TPSA) is 32.3 Å². The fraction of sp³-hybridized carbons (Fsp3) is 0.280. The smallest absolute Gasteiger partial charge is 0.119 e. The highest BCUT2D eigenvalue weighted by Crippen LogP contribution is 2.33. The molecular weight excluding hydrogens is 330 g/mol. The van der Waals surface area contributed by atoms with Gasteiger partial charge in [0.15, 0.2) is 0 Å². The number of benzene rings is 3. The first-order valence-corrected chi connectivity index (χ1v) is 9.84. The van der Waals surface area contributed by atoms with Gasteiger partial charge in [0.25, 0.3) is 0 Å². The van der Waals surface area contributed by atoms with E-state index in [1.807, 2.05) is 24.3 Å². The molecule has 2 unspecified atom stereocenters. The first kappa shape index (κ1) is 19.2. The minimum Gasteiger partial charge on any atom is -0.508 e. The molecule has 0 saturated carbocycles. The van der Waals surface area contributed by atoms with Gasteiger partial charge in [-0.2, -0.15) is 0 Å². The highest BCUT2D eigenvalue weighted by molar-refractivity contribution is 5.41. The second-order valence-corrected chi connectivity index (χ2v) is 7.19. The van der Waals surface area contributed by atoms with E-state index in [2.05, 4.69) is 66.8 Å². The molecule has 3 aromatic rings. The van der Waals surface area contributed by atoms with E-state index < -0.39 is 0 Å². The molecule has 0 aliphatic carbocycles. The Morgan fingerprint density at radius 2 is 1.41 bits per heavy atom. The van der Waals surface area contributed by atoms with Crippen LogP contribution in [0, 0.1) is 0 Å². The lowest BCUT2D eigenvalue weighted by Crippen LogP contribution is -2.28. The Bertz CT molecular complexity index is 801. The Kier molecular flexibility index (Phi) is 7.06. The van der Waals surface area contributed by atoms with Gasteiger partial charge in [0, 0.05) is 17.5 Å². The van der Waals surface area contributed by atoms with Gasteiger partial charge in [-0.05, 0) is 49.9 Å². The van der Waals surface area contributed by atoms with Crippen molar-refractivity contribution in [2.75, 3.05) is 6.54 Å². The number of aromatic hydroxyl groups is 1. The molecule has 140 valence electrons. The Morgan fingerprint density at radius 3 is 2.11 bits per heavy atom. The molecule has 2 heteroatoms. The van der Waals surface area contributed by atoms with Crippen molar-refractivity contribution in [2.45, 2.75) is 38.1 Å². The predicted octanol–water partition coefficient (Wildman–Crippen LogP) is 5.53. The Morgan fingerprint density at radius 1 is 0.778 bits per heavy atom. The van der Waals surface area contributed by atoms with Gasteiger partial charge in [-0.3, -0.25) is 0 Å². The van der Waals surface area contributed by atoms with Crippen molar-refractivity contribution in [2.24, 2.45) is 0 Å². The molecule has 0 spiro atoms. The van der Waals surface area contributed by atoms with E-state index in [0.717, 1.165) is 31.4 Å². The molecule has 2 N–H and O–H groups in total. The largest absolute Gasteiger partial charge is 0.508 e. The van der Waals surface area contributed by atoms with Crippen molar-refractivity contribution in [3.63, 3.8) is 0 Å².